The number of rotatable bonds is 8. The fraction of sp³-hybridized carbons (Fsp3) is 0.115. The van der Waals surface area contributed by atoms with Gasteiger partial charge in [0.2, 0.25) is 0 Å². The number of carbonyl (C=O) groups is 2. The van der Waals surface area contributed by atoms with E-state index < -0.39 is 18.5 Å². The summed E-state index contributed by atoms with van der Waals surface area (Å²) < 4.78 is 6.83. The summed E-state index contributed by atoms with van der Waals surface area (Å²) in [6.07, 6.45) is 0.151. The number of hydrogen-bond donors (Lipinski definition) is 0. The van der Waals surface area contributed by atoms with Crippen molar-refractivity contribution in [2.24, 2.45) is 0 Å². The molecule has 8 heteroatoms. The summed E-state index contributed by atoms with van der Waals surface area (Å²) >= 11 is 0. The van der Waals surface area contributed by atoms with Gasteiger partial charge < -0.3 is 9.64 Å². The number of nitrogens with zero attached hydrogens (tertiary/aromatic N) is 5. The average molecular weight is 451 g/mol. The smallest absolute Gasteiger partial charge is 0.378 e. The van der Waals surface area contributed by atoms with E-state index in [1.165, 1.54) is 4.90 Å². The largest absolute Gasteiger partial charge is 0.450 e. The van der Waals surface area contributed by atoms with Crippen molar-refractivity contribution >= 4 is 17.6 Å². The zero-order valence-corrected chi connectivity index (χ0v) is 18.2. The number of nitriles is 1. The molecule has 4 rings (SSSR count). The highest BCUT2D eigenvalue weighted by Gasteiger charge is 2.22. The van der Waals surface area contributed by atoms with Gasteiger partial charge in [-0.1, -0.05) is 66.7 Å². The lowest BCUT2D eigenvalue weighted by Crippen LogP contribution is -2.35. The van der Waals surface area contributed by atoms with Gasteiger partial charge in [-0.05, 0) is 24.3 Å². The maximum atomic E-state index is 12.8. The molecule has 0 unspecified atom stereocenters. The second-order valence-corrected chi connectivity index (χ2v) is 7.24. The molecule has 0 bridgehead atoms. The second-order valence-electron chi connectivity index (χ2n) is 7.24. The van der Waals surface area contributed by atoms with Crippen molar-refractivity contribution < 1.29 is 14.3 Å². The van der Waals surface area contributed by atoms with Gasteiger partial charge in [0.05, 0.1) is 18.2 Å². The number of carbonyl (C=O) groups excluding carboxylic acids is 2. The molecule has 0 aliphatic heterocycles. The summed E-state index contributed by atoms with van der Waals surface area (Å²) in [7, 11) is 0. The van der Waals surface area contributed by atoms with E-state index in [4.69, 9.17) is 10.00 Å². The van der Waals surface area contributed by atoms with E-state index in [9.17, 15) is 9.59 Å². The molecule has 1 amide bonds. The number of benzene rings is 3. The average Bonchev–Trinajstić information content (AvgIpc) is 3.35. The molecule has 0 aliphatic carbocycles. The minimum atomic E-state index is -0.812. The SMILES string of the molecule is N#CCCN(C(=O)COC(=O)c1nc(-c2ccccc2)n(-c2ccccc2)n1)c1ccccc1. The number of esters is 1. The first kappa shape index (κ1) is 22.4. The van der Waals surface area contributed by atoms with E-state index in [0.717, 1.165) is 11.3 Å². The lowest BCUT2D eigenvalue weighted by atomic mass is 10.2. The summed E-state index contributed by atoms with van der Waals surface area (Å²) in [5.74, 6) is -0.933. The van der Waals surface area contributed by atoms with Gasteiger partial charge in [-0.2, -0.15) is 5.26 Å². The molecule has 1 aromatic heterocycles. The van der Waals surface area contributed by atoms with Crippen LogP contribution in [0.1, 0.15) is 17.0 Å². The van der Waals surface area contributed by atoms with Crippen LogP contribution in [0.2, 0.25) is 0 Å². The van der Waals surface area contributed by atoms with Crippen molar-refractivity contribution in [2.75, 3.05) is 18.1 Å². The van der Waals surface area contributed by atoms with Gasteiger partial charge in [-0.15, -0.1) is 5.10 Å². The highest BCUT2D eigenvalue weighted by atomic mass is 16.5. The van der Waals surface area contributed by atoms with Gasteiger partial charge in [0.25, 0.3) is 11.7 Å². The zero-order chi connectivity index (χ0) is 23.8. The molecule has 0 aliphatic rings. The highest BCUT2D eigenvalue weighted by molar-refractivity contribution is 5.96. The fourth-order valence-electron chi connectivity index (χ4n) is 3.36. The topological polar surface area (TPSA) is 101 Å². The molecule has 0 saturated heterocycles. The predicted octanol–water partition coefficient (Wildman–Crippen LogP) is 4.04. The monoisotopic (exact) mass is 451 g/mol. The van der Waals surface area contributed by atoms with Crippen LogP contribution in [0.15, 0.2) is 91.0 Å². The Balaban J connectivity index is 1.54. The van der Waals surface area contributed by atoms with E-state index in [1.807, 2.05) is 72.8 Å². The molecule has 168 valence electrons. The first-order valence-electron chi connectivity index (χ1n) is 10.6. The molecule has 1 heterocycles. The van der Waals surface area contributed by atoms with Crippen LogP contribution in [0.3, 0.4) is 0 Å². The number of ether oxygens (including phenoxy) is 1. The first-order chi connectivity index (χ1) is 16.7. The molecule has 0 atom stereocenters. The molecule has 0 radical (unpaired) electrons. The Bertz CT molecular complexity index is 1240. The Morgan fingerprint density at radius 2 is 1.53 bits per heavy atom. The van der Waals surface area contributed by atoms with Crippen LogP contribution < -0.4 is 4.90 Å². The highest BCUT2D eigenvalue weighted by Crippen LogP contribution is 2.21. The summed E-state index contributed by atoms with van der Waals surface area (Å²) in [5.41, 5.74) is 2.13. The summed E-state index contributed by atoms with van der Waals surface area (Å²) in [6, 6.07) is 29.6. The molecule has 0 spiro atoms. The molecule has 0 N–H and O–H groups in total. The van der Waals surface area contributed by atoms with Crippen LogP contribution in [0.4, 0.5) is 5.69 Å². The zero-order valence-electron chi connectivity index (χ0n) is 18.2. The molecule has 0 fully saturated rings. The molecular weight excluding hydrogens is 430 g/mol. The third-order valence-corrected chi connectivity index (χ3v) is 4.97. The van der Waals surface area contributed by atoms with Gasteiger partial charge in [0.1, 0.15) is 0 Å². The standard InChI is InChI=1S/C26H21N5O3/c27-17-10-18-30(21-13-6-2-7-14-21)23(32)19-34-26(33)24-28-25(20-11-4-1-5-12-20)31(29-24)22-15-8-3-9-16-22/h1-9,11-16H,10,18-19H2. The van der Waals surface area contributed by atoms with Gasteiger partial charge >= 0.3 is 5.97 Å². The quantitative estimate of drug-likeness (QED) is 0.375. The molecule has 0 saturated carbocycles. The Labute approximate surface area is 196 Å². The van der Waals surface area contributed by atoms with E-state index in [0.29, 0.717) is 11.5 Å². The van der Waals surface area contributed by atoms with E-state index >= 15 is 0 Å². The Morgan fingerprint density at radius 3 is 2.18 bits per heavy atom. The van der Waals surface area contributed by atoms with Crippen LogP contribution in [-0.2, 0) is 9.53 Å². The second kappa shape index (κ2) is 10.7. The van der Waals surface area contributed by atoms with Crippen molar-refractivity contribution in [3.8, 4) is 23.1 Å². The molecule has 4 aromatic rings. The lowest BCUT2D eigenvalue weighted by Gasteiger charge is -2.21. The normalized spacial score (nSPS) is 10.3. The van der Waals surface area contributed by atoms with Gasteiger partial charge in [0.15, 0.2) is 12.4 Å². The van der Waals surface area contributed by atoms with Crippen LogP contribution in [0.5, 0.6) is 0 Å². The summed E-state index contributed by atoms with van der Waals surface area (Å²) in [4.78, 5) is 31.4. The van der Waals surface area contributed by atoms with Crippen molar-refractivity contribution in [2.45, 2.75) is 6.42 Å². The van der Waals surface area contributed by atoms with E-state index in [-0.39, 0.29) is 18.8 Å². The van der Waals surface area contributed by atoms with E-state index in [2.05, 4.69) is 10.1 Å². The van der Waals surface area contributed by atoms with Crippen LogP contribution in [0.25, 0.3) is 17.1 Å². The number of para-hydroxylation sites is 2. The fourth-order valence-corrected chi connectivity index (χ4v) is 3.36. The van der Waals surface area contributed by atoms with Gasteiger partial charge in [0, 0.05) is 17.8 Å². The van der Waals surface area contributed by atoms with Crippen molar-refractivity contribution in [3.63, 3.8) is 0 Å². The summed E-state index contributed by atoms with van der Waals surface area (Å²) in [6.45, 7) is -0.310. The Morgan fingerprint density at radius 1 is 0.912 bits per heavy atom. The molecule has 3 aromatic carbocycles. The van der Waals surface area contributed by atoms with Crippen LogP contribution >= 0.6 is 0 Å². The third-order valence-electron chi connectivity index (χ3n) is 4.97. The number of amides is 1. The maximum Gasteiger partial charge on any atom is 0.378 e. The van der Waals surface area contributed by atoms with Crippen LogP contribution in [-0.4, -0.2) is 39.8 Å². The van der Waals surface area contributed by atoms with Gasteiger partial charge in [-0.3, -0.25) is 4.79 Å². The number of anilines is 1. The number of aromatic nitrogens is 3. The van der Waals surface area contributed by atoms with Gasteiger partial charge in [-0.25, -0.2) is 14.5 Å². The predicted molar refractivity (Wildman–Crippen MR) is 126 cm³/mol. The van der Waals surface area contributed by atoms with Crippen molar-refractivity contribution in [1.82, 2.24) is 14.8 Å². The van der Waals surface area contributed by atoms with E-state index in [1.54, 1.807) is 28.9 Å². The lowest BCUT2D eigenvalue weighted by molar-refractivity contribution is -0.121. The first-order valence-corrected chi connectivity index (χ1v) is 10.6. The maximum absolute atomic E-state index is 12.8. The minimum Gasteiger partial charge on any atom is -0.450 e. The third kappa shape index (κ3) is 5.16. The summed E-state index contributed by atoms with van der Waals surface area (Å²) in [5, 5.41) is 13.3. The van der Waals surface area contributed by atoms with Crippen molar-refractivity contribution in [3.05, 3.63) is 96.8 Å². The molecule has 34 heavy (non-hydrogen) atoms. The molecule has 8 nitrogen and oxygen atoms in total. The van der Waals surface area contributed by atoms with Crippen molar-refractivity contribution in [1.29, 1.82) is 5.26 Å². The molecular formula is C26H21N5O3. The van der Waals surface area contributed by atoms with Crippen LogP contribution in [0, 0.1) is 11.3 Å². The number of hydrogen-bond acceptors (Lipinski definition) is 6. The minimum absolute atomic E-state index is 0.151. The Kier molecular flexibility index (Phi) is 7.06. The Hall–Kier alpha value is -4.77.